The van der Waals surface area contributed by atoms with Crippen LogP contribution in [0.25, 0.3) is 0 Å². The van der Waals surface area contributed by atoms with E-state index in [1.54, 1.807) is 4.90 Å². The molecule has 4 heteroatoms. The van der Waals surface area contributed by atoms with Crippen molar-refractivity contribution in [3.05, 3.63) is 0 Å². The molecule has 0 bridgehead atoms. The largest absolute Gasteiger partial charge is 0.395 e. The Morgan fingerprint density at radius 2 is 2.00 bits per heavy atom. The first-order valence-electron chi connectivity index (χ1n) is 7.46. The quantitative estimate of drug-likeness (QED) is 0.845. The molecule has 0 atom stereocenters. The summed E-state index contributed by atoms with van der Waals surface area (Å²) in [5.74, 6) is 0.431. The summed E-state index contributed by atoms with van der Waals surface area (Å²) in [6.45, 7) is 2.44. The maximum absolute atomic E-state index is 12.7. The Kier molecular flexibility index (Phi) is 4.46. The lowest BCUT2D eigenvalue weighted by Crippen LogP contribution is -2.54. The molecule has 2 saturated carbocycles. The van der Waals surface area contributed by atoms with E-state index in [1.807, 2.05) is 0 Å². The van der Waals surface area contributed by atoms with Gasteiger partial charge in [-0.05, 0) is 31.6 Å². The van der Waals surface area contributed by atoms with E-state index in [1.165, 1.54) is 6.42 Å². The van der Waals surface area contributed by atoms with Gasteiger partial charge in [0.2, 0.25) is 5.91 Å². The van der Waals surface area contributed by atoms with Crippen LogP contribution in [0, 0.1) is 22.7 Å². The summed E-state index contributed by atoms with van der Waals surface area (Å²) in [5.41, 5.74) is -0.800. The molecule has 1 N–H and O–H groups in total. The van der Waals surface area contributed by atoms with Gasteiger partial charge in [-0.2, -0.15) is 5.26 Å². The first-order valence-corrected chi connectivity index (χ1v) is 7.46. The van der Waals surface area contributed by atoms with Gasteiger partial charge in [0.15, 0.2) is 0 Å². The number of carbonyl (C=O) groups is 1. The molecule has 0 aliphatic heterocycles. The number of aliphatic hydroxyl groups is 1. The average Bonchev–Trinajstić information content (AvgIpc) is 2.41. The second-order valence-corrected chi connectivity index (χ2v) is 6.22. The zero-order chi connectivity index (χ0) is 13.9. The maximum Gasteiger partial charge on any atom is 0.243 e. The fraction of sp³-hybridized carbons (Fsp3) is 0.867. The van der Waals surface area contributed by atoms with Crippen LogP contribution in [-0.2, 0) is 4.79 Å². The van der Waals surface area contributed by atoms with Gasteiger partial charge < -0.3 is 10.0 Å². The minimum absolute atomic E-state index is 0.0146. The lowest BCUT2D eigenvalue weighted by Gasteiger charge is -2.45. The molecule has 19 heavy (non-hydrogen) atoms. The number of hydrogen-bond donors (Lipinski definition) is 1. The fourth-order valence-corrected chi connectivity index (χ4v) is 3.67. The Hall–Kier alpha value is -1.08. The van der Waals surface area contributed by atoms with E-state index in [0.717, 1.165) is 25.7 Å². The summed E-state index contributed by atoms with van der Waals surface area (Å²) >= 11 is 0. The Balaban J connectivity index is 2.09. The third-order valence-corrected chi connectivity index (χ3v) is 4.63. The van der Waals surface area contributed by atoms with Gasteiger partial charge in [0, 0.05) is 12.6 Å². The lowest BCUT2D eigenvalue weighted by molar-refractivity contribution is -0.149. The fourth-order valence-electron chi connectivity index (χ4n) is 3.67. The molecule has 0 aromatic heterocycles. The number of rotatable bonds is 4. The van der Waals surface area contributed by atoms with E-state index in [0.29, 0.717) is 25.3 Å². The summed E-state index contributed by atoms with van der Waals surface area (Å²) in [6.07, 6.45) is 6.92. The molecular weight excluding hydrogens is 240 g/mol. The van der Waals surface area contributed by atoms with E-state index in [9.17, 15) is 15.2 Å². The highest BCUT2D eigenvalue weighted by Gasteiger charge is 2.51. The van der Waals surface area contributed by atoms with Gasteiger partial charge in [-0.25, -0.2) is 0 Å². The van der Waals surface area contributed by atoms with Gasteiger partial charge >= 0.3 is 0 Å². The number of nitrogens with zero attached hydrogens (tertiary/aromatic N) is 2. The van der Waals surface area contributed by atoms with Gasteiger partial charge in [-0.3, -0.25) is 4.79 Å². The van der Waals surface area contributed by atoms with Crippen LogP contribution in [0.3, 0.4) is 0 Å². The number of amides is 1. The van der Waals surface area contributed by atoms with Gasteiger partial charge in [-0.15, -0.1) is 0 Å². The van der Waals surface area contributed by atoms with Crippen molar-refractivity contribution in [3.63, 3.8) is 0 Å². The van der Waals surface area contributed by atoms with Crippen molar-refractivity contribution in [1.29, 1.82) is 5.26 Å². The van der Waals surface area contributed by atoms with Crippen molar-refractivity contribution < 1.29 is 9.90 Å². The maximum atomic E-state index is 12.7. The minimum atomic E-state index is -0.800. The molecule has 2 aliphatic rings. The molecule has 0 saturated heterocycles. The predicted molar refractivity (Wildman–Crippen MR) is 72.1 cm³/mol. The molecule has 0 aromatic rings. The van der Waals surface area contributed by atoms with Crippen molar-refractivity contribution in [2.45, 2.75) is 57.9 Å². The molecule has 4 nitrogen and oxygen atoms in total. The van der Waals surface area contributed by atoms with Crippen LogP contribution in [0.2, 0.25) is 0 Å². The standard InChI is InChI=1S/C15H24N2O2/c1-12-9-15(10-12,11-16)14(19)17(7-8-18)13-5-3-2-4-6-13/h12-13,18H,2-10H2,1H3. The first-order chi connectivity index (χ1) is 9.13. The molecule has 0 aromatic carbocycles. The zero-order valence-electron chi connectivity index (χ0n) is 11.8. The minimum Gasteiger partial charge on any atom is -0.395 e. The molecule has 0 unspecified atom stereocenters. The van der Waals surface area contributed by atoms with Crippen LogP contribution < -0.4 is 0 Å². The highest BCUT2D eigenvalue weighted by atomic mass is 16.3. The summed E-state index contributed by atoms with van der Waals surface area (Å²) in [5, 5.41) is 18.6. The molecule has 2 aliphatic carbocycles. The van der Waals surface area contributed by atoms with E-state index in [2.05, 4.69) is 13.0 Å². The van der Waals surface area contributed by atoms with E-state index in [-0.39, 0.29) is 18.6 Å². The summed E-state index contributed by atoms with van der Waals surface area (Å²) < 4.78 is 0. The van der Waals surface area contributed by atoms with Crippen molar-refractivity contribution >= 4 is 5.91 Å². The number of nitriles is 1. The summed E-state index contributed by atoms with van der Waals surface area (Å²) in [6, 6.07) is 2.48. The molecule has 0 heterocycles. The first kappa shape index (κ1) is 14.3. The topological polar surface area (TPSA) is 64.3 Å². The van der Waals surface area contributed by atoms with Gasteiger partial charge in [0.1, 0.15) is 5.41 Å². The Morgan fingerprint density at radius 1 is 1.37 bits per heavy atom. The average molecular weight is 264 g/mol. The monoisotopic (exact) mass is 264 g/mol. The Morgan fingerprint density at radius 3 is 2.47 bits per heavy atom. The second-order valence-electron chi connectivity index (χ2n) is 6.22. The van der Waals surface area contributed by atoms with Crippen LogP contribution in [-0.4, -0.2) is 35.1 Å². The summed E-state index contributed by atoms with van der Waals surface area (Å²) in [4.78, 5) is 14.5. The Bertz CT molecular complexity index is 363. The van der Waals surface area contributed by atoms with Crippen molar-refractivity contribution in [2.24, 2.45) is 11.3 Å². The second kappa shape index (κ2) is 5.92. The van der Waals surface area contributed by atoms with Crippen LogP contribution in [0.4, 0.5) is 0 Å². The third-order valence-electron chi connectivity index (χ3n) is 4.63. The van der Waals surface area contributed by atoms with Crippen molar-refractivity contribution in [2.75, 3.05) is 13.2 Å². The molecular formula is C15H24N2O2. The molecule has 2 rings (SSSR count). The number of carbonyl (C=O) groups excluding carboxylic acids is 1. The number of aliphatic hydroxyl groups excluding tert-OH is 1. The SMILES string of the molecule is CC1CC(C#N)(C(=O)N(CCO)C2CCCCC2)C1. The van der Waals surface area contributed by atoms with Crippen LogP contribution in [0.5, 0.6) is 0 Å². The van der Waals surface area contributed by atoms with Crippen LogP contribution in [0.15, 0.2) is 0 Å². The van der Waals surface area contributed by atoms with Crippen LogP contribution in [0.1, 0.15) is 51.9 Å². The van der Waals surface area contributed by atoms with Gasteiger partial charge in [-0.1, -0.05) is 26.2 Å². The predicted octanol–water partition coefficient (Wildman–Crippen LogP) is 2.08. The molecule has 1 amide bonds. The highest BCUT2D eigenvalue weighted by Crippen LogP contribution is 2.46. The van der Waals surface area contributed by atoms with E-state index in [4.69, 9.17) is 0 Å². The normalized spacial score (nSPS) is 31.3. The Labute approximate surface area is 115 Å². The van der Waals surface area contributed by atoms with Crippen LogP contribution >= 0.6 is 0 Å². The lowest BCUT2D eigenvalue weighted by atomic mass is 9.62. The smallest absolute Gasteiger partial charge is 0.243 e. The van der Waals surface area contributed by atoms with Gasteiger partial charge in [0.05, 0.1) is 12.7 Å². The third kappa shape index (κ3) is 2.76. The highest BCUT2D eigenvalue weighted by molar-refractivity contribution is 5.87. The molecule has 0 spiro atoms. The zero-order valence-corrected chi connectivity index (χ0v) is 11.8. The van der Waals surface area contributed by atoms with Gasteiger partial charge in [0.25, 0.3) is 0 Å². The number of hydrogen-bond acceptors (Lipinski definition) is 3. The molecule has 0 radical (unpaired) electrons. The summed E-state index contributed by atoms with van der Waals surface area (Å²) in [7, 11) is 0. The van der Waals surface area contributed by atoms with Crippen molar-refractivity contribution in [1.82, 2.24) is 4.90 Å². The molecule has 2 fully saturated rings. The van der Waals surface area contributed by atoms with E-state index >= 15 is 0 Å². The molecule has 106 valence electrons. The van der Waals surface area contributed by atoms with Crippen molar-refractivity contribution in [3.8, 4) is 6.07 Å². The van der Waals surface area contributed by atoms with E-state index < -0.39 is 5.41 Å².